The van der Waals surface area contributed by atoms with Gasteiger partial charge in [-0.25, -0.2) is 4.98 Å². The van der Waals surface area contributed by atoms with Crippen LogP contribution in [0.3, 0.4) is 0 Å². The Morgan fingerprint density at radius 1 is 1.50 bits per heavy atom. The highest BCUT2D eigenvalue weighted by Crippen LogP contribution is 2.22. The molecular weight excluding hydrogens is 194 g/mol. The summed E-state index contributed by atoms with van der Waals surface area (Å²) in [5.74, 6) is 0. The third-order valence-corrected chi connectivity index (χ3v) is 3.02. The number of rotatable bonds is 3. The molecule has 1 heterocycles. The molecule has 0 radical (unpaired) electrons. The Labute approximate surface area is 87.1 Å². The quantitative estimate of drug-likeness (QED) is 0.757. The Morgan fingerprint density at radius 3 is 3.00 bits per heavy atom. The number of hydrogen-bond donors (Lipinski definition) is 2. The Bertz CT molecular complexity index is 391. The molecule has 1 atom stereocenters. The first-order valence-electron chi connectivity index (χ1n) is 4.61. The fraction of sp³-hybridized carbons (Fsp3) is 0.300. The molecule has 14 heavy (non-hydrogen) atoms. The Kier molecular flexibility index (Phi) is 2.74. The number of aromatic amines is 1. The number of para-hydroxylation sites is 2. The van der Waals surface area contributed by atoms with Crippen molar-refractivity contribution in [2.24, 2.45) is 5.73 Å². The topological polar surface area (TPSA) is 54.7 Å². The normalized spacial score (nSPS) is 13.3. The van der Waals surface area contributed by atoms with Gasteiger partial charge in [-0.2, -0.15) is 0 Å². The SMILES string of the molecule is C[C@H](CN)Sc1nc2ccccc2[nH]1. The minimum Gasteiger partial charge on any atom is -0.333 e. The van der Waals surface area contributed by atoms with Crippen LogP contribution in [0.1, 0.15) is 6.92 Å². The molecule has 0 saturated heterocycles. The van der Waals surface area contributed by atoms with E-state index in [-0.39, 0.29) is 0 Å². The maximum Gasteiger partial charge on any atom is 0.166 e. The van der Waals surface area contributed by atoms with Crippen LogP contribution in [0.25, 0.3) is 11.0 Å². The van der Waals surface area contributed by atoms with Gasteiger partial charge in [-0.1, -0.05) is 30.8 Å². The van der Waals surface area contributed by atoms with Gasteiger partial charge in [-0.15, -0.1) is 0 Å². The van der Waals surface area contributed by atoms with Crippen LogP contribution in [0.5, 0.6) is 0 Å². The molecule has 2 rings (SSSR count). The van der Waals surface area contributed by atoms with Crippen molar-refractivity contribution in [3.63, 3.8) is 0 Å². The van der Waals surface area contributed by atoms with Gasteiger partial charge in [-0.3, -0.25) is 0 Å². The predicted octanol–water partition coefficient (Wildman–Crippen LogP) is 2.00. The van der Waals surface area contributed by atoms with Crippen molar-refractivity contribution in [1.29, 1.82) is 0 Å². The minimum atomic E-state index is 0.399. The first kappa shape index (κ1) is 9.55. The van der Waals surface area contributed by atoms with Crippen molar-refractivity contribution in [2.45, 2.75) is 17.3 Å². The van der Waals surface area contributed by atoms with Crippen molar-refractivity contribution in [3.05, 3.63) is 24.3 Å². The highest BCUT2D eigenvalue weighted by Gasteiger charge is 2.06. The average molecular weight is 207 g/mol. The molecule has 0 saturated carbocycles. The van der Waals surface area contributed by atoms with Crippen molar-refractivity contribution in [2.75, 3.05) is 6.54 Å². The van der Waals surface area contributed by atoms with Crippen LogP contribution >= 0.6 is 11.8 Å². The van der Waals surface area contributed by atoms with Crippen LogP contribution < -0.4 is 5.73 Å². The van der Waals surface area contributed by atoms with E-state index in [1.54, 1.807) is 11.8 Å². The lowest BCUT2D eigenvalue weighted by Gasteiger charge is -2.03. The number of nitrogens with zero attached hydrogens (tertiary/aromatic N) is 1. The molecule has 0 unspecified atom stereocenters. The Hall–Kier alpha value is -1.00. The van der Waals surface area contributed by atoms with E-state index in [4.69, 9.17) is 5.73 Å². The summed E-state index contributed by atoms with van der Waals surface area (Å²) in [6, 6.07) is 8.02. The van der Waals surface area contributed by atoms with Gasteiger partial charge >= 0.3 is 0 Å². The van der Waals surface area contributed by atoms with Gasteiger partial charge in [0.15, 0.2) is 5.16 Å². The van der Waals surface area contributed by atoms with E-state index in [1.807, 2.05) is 24.3 Å². The first-order valence-corrected chi connectivity index (χ1v) is 5.49. The monoisotopic (exact) mass is 207 g/mol. The molecule has 0 amide bonds. The van der Waals surface area contributed by atoms with Crippen LogP contribution in [-0.2, 0) is 0 Å². The third-order valence-electron chi connectivity index (χ3n) is 2.01. The zero-order valence-corrected chi connectivity index (χ0v) is 8.84. The summed E-state index contributed by atoms with van der Waals surface area (Å²) in [7, 11) is 0. The Balaban J connectivity index is 2.27. The fourth-order valence-electron chi connectivity index (χ4n) is 1.22. The number of nitrogens with two attached hydrogens (primary N) is 1. The van der Waals surface area contributed by atoms with E-state index >= 15 is 0 Å². The molecule has 4 heteroatoms. The summed E-state index contributed by atoms with van der Waals surface area (Å²) in [6.07, 6.45) is 0. The lowest BCUT2D eigenvalue weighted by Crippen LogP contribution is -2.12. The molecule has 0 aliphatic heterocycles. The second-order valence-electron chi connectivity index (χ2n) is 3.22. The third kappa shape index (κ3) is 1.91. The van der Waals surface area contributed by atoms with Gasteiger partial charge in [-0.05, 0) is 12.1 Å². The molecule has 74 valence electrons. The van der Waals surface area contributed by atoms with Gasteiger partial charge in [0.1, 0.15) is 0 Å². The zero-order chi connectivity index (χ0) is 9.97. The summed E-state index contributed by atoms with van der Waals surface area (Å²) in [4.78, 5) is 7.71. The number of H-pyrrole nitrogens is 1. The van der Waals surface area contributed by atoms with E-state index < -0.39 is 0 Å². The number of fused-ring (bicyclic) bond motifs is 1. The van der Waals surface area contributed by atoms with Crippen LogP contribution in [0, 0.1) is 0 Å². The number of hydrogen-bond acceptors (Lipinski definition) is 3. The van der Waals surface area contributed by atoms with Crippen molar-refractivity contribution < 1.29 is 0 Å². The van der Waals surface area contributed by atoms with Crippen molar-refractivity contribution in [1.82, 2.24) is 9.97 Å². The molecule has 2 aromatic rings. The standard InChI is InChI=1S/C10H13N3S/c1-7(6-11)14-10-12-8-4-2-3-5-9(8)13-10/h2-5,7H,6,11H2,1H3,(H,12,13)/t7-/m1/s1. The van der Waals surface area contributed by atoms with E-state index in [0.29, 0.717) is 11.8 Å². The number of nitrogens with one attached hydrogen (secondary N) is 1. The number of imidazole rings is 1. The van der Waals surface area contributed by atoms with Crippen LogP contribution in [0.2, 0.25) is 0 Å². The summed E-state index contributed by atoms with van der Waals surface area (Å²) in [6.45, 7) is 2.76. The molecule has 0 bridgehead atoms. The lowest BCUT2D eigenvalue weighted by atomic mass is 10.3. The minimum absolute atomic E-state index is 0.399. The molecule has 0 aliphatic rings. The van der Waals surface area contributed by atoms with E-state index in [1.165, 1.54) is 0 Å². The zero-order valence-electron chi connectivity index (χ0n) is 8.03. The fourth-order valence-corrected chi connectivity index (χ4v) is 2.02. The summed E-state index contributed by atoms with van der Waals surface area (Å²) in [5.41, 5.74) is 7.65. The van der Waals surface area contributed by atoms with E-state index in [0.717, 1.165) is 16.2 Å². The van der Waals surface area contributed by atoms with Gasteiger partial charge < -0.3 is 10.7 Å². The van der Waals surface area contributed by atoms with Crippen LogP contribution in [-0.4, -0.2) is 21.8 Å². The molecule has 1 aromatic carbocycles. The Morgan fingerprint density at radius 2 is 2.29 bits per heavy atom. The van der Waals surface area contributed by atoms with Gasteiger partial charge in [0, 0.05) is 11.8 Å². The molecule has 3 N–H and O–H groups in total. The smallest absolute Gasteiger partial charge is 0.166 e. The average Bonchev–Trinajstić information content (AvgIpc) is 2.59. The second kappa shape index (κ2) is 4.02. The highest BCUT2D eigenvalue weighted by molar-refractivity contribution is 7.99. The molecule has 0 fully saturated rings. The highest BCUT2D eigenvalue weighted by atomic mass is 32.2. The maximum atomic E-state index is 5.55. The van der Waals surface area contributed by atoms with Gasteiger partial charge in [0.2, 0.25) is 0 Å². The predicted molar refractivity (Wildman–Crippen MR) is 60.5 cm³/mol. The van der Waals surface area contributed by atoms with Gasteiger partial charge in [0.25, 0.3) is 0 Å². The molecule has 3 nitrogen and oxygen atoms in total. The molecule has 1 aromatic heterocycles. The maximum absolute atomic E-state index is 5.55. The van der Waals surface area contributed by atoms with Crippen LogP contribution in [0.15, 0.2) is 29.4 Å². The number of benzene rings is 1. The van der Waals surface area contributed by atoms with E-state index in [9.17, 15) is 0 Å². The summed E-state index contributed by atoms with van der Waals surface area (Å²) < 4.78 is 0. The molecule has 0 aliphatic carbocycles. The second-order valence-corrected chi connectivity index (χ2v) is 4.65. The van der Waals surface area contributed by atoms with Crippen molar-refractivity contribution in [3.8, 4) is 0 Å². The number of thioether (sulfide) groups is 1. The summed E-state index contributed by atoms with van der Waals surface area (Å²) in [5, 5.41) is 1.35. The lowest BCUT2D eigenvalue weighted by molar-refractivity contribution is 0.938. The largest absolute Gasteiger partial charge is 0.333 e. The number of aromatic nitrogens is 2. The van der Waals surface area contributed by atoms with Crippen molar-refractivity contribution >= 4 is 22.8 Å². The molecule has 0 spiro atoms. The molecular formula is C10H13N3S. The first-order chi connectivity index (χ1) is 6.79. The van der Waals surface area contributed by atoms with E-state index in [2.05, 4.69) is 16.9 Å². The summed E-state index contributed by atoms with van der Waals surface area (Å²) >= 11 is 1.68. The van der Waals surface area contributed by atoms with Gasteiger partial charge in [0.05, 0.1) is 11.0 Å². The van der Waals surface area contributed by atoms with Crippen LogP contribution in [0.4, 0.5) is 0 Å².